The number of carbonyl (C=O) groups excluding carboxylic acids is 2. The summed E-state index contributed by atoms with van der Waals surface area (Å²) < 4.78 is 0. The molecule has 0 spiro atoms. The first-order chi connectivity index (χ1) is 18.6. The van der Waals surface area contributed by atoms with Gasteiger partial charge in [-0.3, -0.25) is 9.59 Å². The van der Waals surface area contributed by atoms with Crippen molar-refractivity contribution >= 4 is 22.6 Å². The number of likely N-dealkylation sites (tertiary alicyclic amines) is 1. The molecule has 3 aromatic carbocycles. The van der Waals surface area contributed by atoms with Crippen molar-refractivity contribution in [2.45, 2.75) is 32.2 Å². The van der Waals surface area contributed by atoms with Crippen LogP contribution in [0.25, 0.3) is 10.9 Å². The summed E-state index contributed by atoms with van der Waals surface area (Å²) in [5.41, 5.74) is 5.41. The monoisotopic (exact) mass is 508 g/mol. The molecule has 2 heterocycles. The Morgan fingerprint density at radius 1 is 0.947 bits per heavy atom. The fraction of sp³-hybridized carbons (Fsp3) is 0.312. The molecule has 196 valence electrons. The third-order valence-electron chi connectivity index (χ3n) is 7.40. The van der Waals surface area contributed by atoms with Crippen molar-refractivity contribution in [2.75, 3.05) is 32.7 Å². The molecule has 4 aromatic rings. The van der Waals surface area contributed by atoms with Crippen LogP contribution in [0.5, 0.6) is 0 Å². The van der Waals surface area contributed by atoms with Gasteiger partial charge in [-0.1, -0.05) is 66.2 Å². The fourth-order valence-corrected chi connectivity index (χ4v) is 5.19. The SMILES string of the molecule is Cc1ccc(CCN[C@H](C(=O)c2c[nH]c3cc(C(=O)NCCN4CCCC4)ccc23)c2ccccc2)cc1. The van der Waals surface area contributed by atoms with Crippen LogP contribution in [0.15, 0.2) is 79.0 Å². The maximum Gasteiger partial charge on any atom is 0.251 e. The predicted molar refractivity (Wildman–Crippen MR) is 153 cm³/mol. The number of ketones is 1. The van der Waals surface area contributed by atoms with E-state index in [1.807, 2.05) is 42.5 Å². The quantitative estimate of drug-likeness (QED) is 0.248. The Hall–Kier alpha value is -3.74. The Labute approximate surface area is 224 Å². The van der Waals surface area contributed by atoms with Gasteiger partial charge in [-0.25, -0.2) is 0 Å². The number of carbonyl (C=O) groups is 2. The molecule has 6 heteroatoms. The first-order valence-electron chi connectivity index (χ1n) is 13.6. The summed E-state index contributed by atoms with van der Waals surface area (Å²) in [4.78, 5) is 32.2. The molecule has 1 amide bonds. The van der Waals surface area contributed by atoms with Crippen LogP contribution in [0.1, 0.15) is 56.3 Å². The average Bonchev–Trinajstić information content (AvgIpc) is 3.62. The van der Waals surface area contributed by atoms with Crippen LogP contribution in [0.4, 0.5) is 0 Å². The minimum Gasteiger partial charge on any atom is -0.360 e. The lowest BCUT2D eigenvalue weighted by molar-refractivity contribution is 0.0939. The summed E-state index contributed by atoms with van der Waals surface area (Å²) in [6, 6.07) is 23.4. The van der Waals surface area contributed by atoms with Gasteiger partial charge < -0.3 is 20.5 Å². The summed E-state index contributed by atoms with van der Waals surface area (Å²) in [5.74, 6) is -0.0809. The molecule has 5 rings (SSSR count). The van der Waals surface area contributed by atoms with E-state index in [1.165, 1.54) is 24.0 Å². The molecule has 0 aliphatic carbocycles. The molecular weight excluding hydrogens is 472 g/mol. The number of H-pyrrole nitrogens is 1. The summed E-state index contributed by atoms with van der Waals surface area (Å²) in [7, 11) is 0. The van der Waals surface area contributed by atoms with E-state index in [-0.39, 0.29) is 11.7 Å². The number of amides is 1. The van der Waals surface area contributed by atoms with Crippen molar-refractivity contribution in [1.29, 1.82) is 0 Å². The smallest absolute Gasteiger partial charge is 0.251 e. The lowest BCUT2D eigenvalue weighted by atomic mass is 9.96. The van der Waals surface area contributed by atoms with E-state index >= 15 is 0 Å². The second kappa shape index (κ2) is 12.2. The molecule has 6 nitrogen and oxygen atoms in total. The van der Waals surface area contributed by atoms with E-state index in [0.717, 1.165) is 42.5 Å². The highest BCUT2D eigenvalue weighted by molar-refractivity contribution is 6.11. The normalized spacial score (nSPS) is 14.6. The van der Waals surface area contributed by atoms with Gasteiger partial charge in [0.2, 0.25) is 0 Å². The maximum atomic E-state index is 13.8. The largest absolute Gasteiger partial charge is 0.360 e. The van der Waals surface area contributed by atoms with Crippen LogP contribution >= 0.6 is 0 Å². The molecule has 0 unspecified atom stereocenters. The van der Waals surface area contributed by atoms with Crippen molar-refractivity contribution < 1.29 is 9.59 Å². The number of hydrogen-bond acceptors (Lipinski definition) is 4. The van der Waals surface area contributed by atoms with E-state index in [0.29, 0.717) is 24.2 Å². The number of aromatic nitrogens is 1. The Morgan fingerprint density at radius 3 is 2.47 bits per heavy atom. The Kier molecular flexibility index (Phi) is 8.31. The average molecular weight is 509 g/mol. The highest BCUT2D eigenvalue weighted by Gasteiger charge is 2.24. The van der Waals surface area contributed by atoms with Crippen molar-refractivity contribution in [1.82, 2.24) is 20.5 Å². The van der Waals surface area contributed by atoms with E-state index in [1.54, 1.807) is 12.3 Å². The first-order valence-corrected chi connectivity index (χ1v) is 13.6. The standard InChI is InChI=1S/C32H36N4O2/c1-23-9-11-24(12-10-23)15-16-33-30(25-7-3-2-4-8-25)31(37)28-22-35-29-21-26(13-14-27(28)29)32(38)34-17-20-36-18-5-6-19-36/h2-4,7-14,21-22,30,33,35H,5-6,15-20H2,1H3,(H,34,38)/t30-/m0/s1. The number of hydrogen-bond donors (Lipinski definition) is 3. The van der Waals surface area contributed by atoms with Gasteiger partial charge in [-0.2, -0.15) is 0 Å². The molecule has 0 bridgehead atoms. The predicted octanol–water partition coefficient (Wildman–Crippen LogP) is 5.06. The Balaban J connectivity index is 1.28. The number of nitrogens with one attached hydrogen (secondary N) is 3. The molecule has 3 N–H and O–H groups in total. The molecule has 1 saturated heterocycles. The van der Waals surface area contributed by atoms with Gasteiger partial charge in [0, 0.05) is 47.9 Å². The van der Waals surface area contributed by atoms with E-state index in [9.17, 15) is 9.59 Å². The van der Waals surface area contributed by atoms with Gasteiger partial charge in [-0.05, 0) is 62.5 Å². The van der Waals surface area contributed by atoms with Gasteiger partial charge in [0.15, 0.2) is 5.78 Å². The van der Waals surface area contributed by atoms with Crippen LogP contribution in [0, 0.1) is 6.92 Å². The van der Waals surface area contributed by atoms with Gasteiger partial charge in [-0.15, -0.1) is 0 Å². The zero-order valence-electron chi connectivity index (χ0n) is 22.0. The fourth-order valence-electron chi connectivity index (χ4n) is 5.19. The van der Waals surface area contributed by atoms with Crippen LogP contribution in [0.2, 0.25) is 0 Å². The van der Waals surface area contributed by atoms with Gasteiger partial charge in [0.05, 0.1) is 6.04 Å². The second-order valence-electron chi connectivity index (χ2n) is 10.2. The van der Waals surface area contributed by atoms with E-state index < -0.39 is 6.04 Å². The lowest BCUT2D eigenvalue weighted by Crippen LogP contribution is -2.33. The lowest BCUT2D eigenvalue weighted by Gasteiger charge is -2.18. The van der Waals surface area contributed by atoms with E-state index in [2.05, 4.69) is 51.7 Å². The number of benzene rings is 3. The molecule has 1 fully saturated rings. The zero-order chi connectivity index (χ0) is 26.3. The van der Waals surface area contributed by atoms with E-state index in [4.69, 9.17) is 0 Å². The number of fused-ring (bicyclic) bond motifs is 1. The van der Waals surface area contributed by atoms with Gasteiger partial charge >= 0.3 is 0 Å². The van der Waals surface area contributed by atoms with Gasteiger partial charge in [0.1, 0.15) is 0 Å². The molecule has 1 aliphatic rings. The number of nitrogens with zero attached hydrogens (tertiary/aromatic N) is 1. The molecular formula is C32H36N4O2. The van der Waals surface area contributed by atoms with Crippen molar-refractivity contribution in [3.63, 3.8) is 0 Å². The third-order valence-corrected chi connectivity index (χ3v) is 7.40. The van der Waals surface area contributed by atoms with Crippen LogP contribution in [-0.2, 0) is 6.42 Å². The minimum atomic E-state index is -0.464. The minimum absolute atomic E-state index is 0.00849. The van der Waals surface area contributed by atoms with Crippen LogP contribution in [0.3, 0.4) is 0 Å². The van der Waals surface area contributed by atoms with Crippen molar-refractivity contribution in [3.8, 4) is 0 Å². The summed E-state index contributed by atoms with van der Waals surface area (Å²) in [5, 5.41) is 7.35. The molecule has 1 atom stereocenters. The topological polar surface area (TPSA) is 77.2 Å². The Bertz CT molecular complexity index is 1370. The van der Waals surface area contributed by atoms with Crippen molar-refractivity contribution in [3.05, 3.63) is 107 Å². The van der Waals surface area contributed by atoms with Gasteiger partial charge in [0.25, 0.3) is 5.91 Å². The second-order valence-corrected chi connectivity index (χ2v) is 10.2. The summed E-state index contributed by atoms with van der Waals surface area (Å²) in [6.45, 7) is 6.51. The number of Topliss-reactive ketones (excluding diaryl/α,β-unsaturated/α-hetero) is 1. The molecule has 0 radical (unpaired) electrons. The molecule has 1 aliphatic heterocycles. The molecule has 0 saturated carbocycles. The van der Waals surface area contributed by atoms with Crippen LogP contribution < -0.4 is 10.6 Å². The first kappa shape index (κ1) is 25.9. The Morgan fingerprint density at radius 2 is 1.71 bits per heavy atom. The maximum absolute atomic E-state index is 13.8. The molecule has 38 heavy (non-hydrogen) atoms. The number of aryl methyl sites for hydroxylation is 1. The highest BCUT2D eigenvalue weighted by Crippen LogP contribution is 2.26. The third kappa shape index (κ3) is 6.21. The molecule has 1 aromatic heterocycles. The summed E-state index contributed by atoms with van der Waals surface area (Å²) in [6.07, 6.45) is 5.08. The highest BCUT2D eigenvalue weighted by atomic mass is 16.1. The van der Waals surface area contributed by atoms with Crippen LogP contribution in [-0.4, -0.2) is 54.3 Å². The zero-order valence-corrected chi connectivity index (χ0v) is 22.0. The number of rotatable bonds is 11. The number of aromatic amines is 1. The van der Waals surface area contributed by atoms with Crippen molar-refractivity contribution in [2.24, 2.45) is 0 Å². The summed E-state index contributed by atoms with van der Waals surface area (Å²) >= 11 is 0.